The molecule has 6 nitrogen and oxygen atoms in total. The van der Waals surface area contributed by atoms with Gasteiger partial charge in [-0.1, -0.05) is 60.7 Å². The van der Waals surface area contributed by atoms with Crippen LogP contribution in [-0.2, 0) is 12.8 Å². The van der Waals surface area contributed by atoms with Gasteiger partial charge in [0.2, 0.25) is 0 Å². The first-order chi connectivity index (χ1) is 14.9. The summed E-state index contributed by atoms with van der Waals surface area (Å²) < 4.78 is 0. The van der Waals surface area contributed by atoms with Gasteiger partial charge in [-0.15, -0.1) is 0 Å². The van der Waals surface area contributed by atoms with Crippen LogP contribution in [0.2, 0.25) is 0 Å². The van der Waals surface area contributed by atoms with Gasteiger partial charge in [0.05, 0.1) is 12.1 Å². The van der Waals surface area contributed by atoms with Crippen LogP contribution in [0.1, 0.15) is 49.2 Å². The number of nitrogens with zero attached hydrogens (tertiary/aromatic N) is 1. The van der Waals surface area contributed by atoms with Gasteiger partial charge in [0.25, 0.3) is 5.56 Å². The third kappa shape index (κ3) is 6.36. The number of aliphatic hydroxyl groups is 1. The van der Waals surface area contributed by atoms with Crippen LogP contribution in [0.5, 0.6) is 0 Å². The van der Waals surface area contributed by atoms with Crippen LogP contribution in [0.15, 0.2) is 65.5 Å². The summed E-state index contributed by atoms with van der Waals surface area (Å²) in [5.74, 6) is 0.880. The Morgan fingerprint density at radius 3 is 2.29 bits per heavy atom. The van der Waals surface area contributed by atoms with Crippen molar-refractivity contribution in [2.24, 2.45) is 0 Å². The third-order valence-electron chi connectivity index (χ3n) is 5.29. The molecule has 0 fully saturated rings. The molecule has 0 aliphatic rings. The van der Waals surface area contributed by atoms with E-state index < -0.39 is 6.10 Å². The summed E-state index contributed by atoms with van der Waals surface area (Å²) in [6.07, 6.45) is 2.35. The van der Waals surface area contributed by atoms with Gasteiger partial charge in [-0.05, 0) is 44.2 Å². The molecule has 0 spiro atoms. The molecule has 2 unspecified atom stereocenters. The summed E-state index contributed by atoms with van der Waals surface area (Å²) >= 11 is 0. The van der Waals surface area contributed by atoms with E-state index in [-0.39, 0.29) is 22.9 Å². The molecule has 3 rings (SSSR count). The highest BCUT2D eigenvalue weighted by Gasteiger charge is 2.20. The highest BCUT2D eigenvalue weighted by molar-refractivity contribution is 6.00. The molecule has 0 amide bonds. The van der Waals surface area contributed by atoms with Crippen molar-refractivity contribution in [3.63, 3.8) is 0 Å². The molecule has 2 atom stereocenters. The van der Waals surface area contributed by atoms with Crippen molar-refractivity contribution in [3.05, 3.63) is 93.5 Å². The van der Waals surface area contributed by atoms with Crippen LogP contribution in [0.3, 0.4) is 0 Å². The fraction of sp³-hybridized carbons (Fsp3) is 0.320. The topological polar surface area (TPSA) is 102 Å². The van der Waals surface area contributed by atoms with Gasteiger partial charge in [-0.25, -0.2) is 4.98 Å². The average molecular weight is 419 g/mol. The number of aryl methyl sites for hydroxylation is 1. The number of aromatic amines is 1. The first kappa shape index (κ1) is 22.4. The van der Waals surface area contributed by atoms with Crippen LogP contribution in [0, 0.1) is 5.41 Å². The highest BCUT2D eigenvalue weighted by Crippen LogP contribution is 2.17. The second kappa shape index (κ2) is 10.7. The molecule has 0 saturated heterocycles. The van der Waals surface area contributed by atoms with Crippen LogP contribution in [0.4, 0.5) is 5.82 Å². The van der Waals surface area contributed by atoms with Crippen LogP contribution in [0.25, 0.3) is 0 Å². The first-order valence-corrected chi connectivity index (χ1v) is 10.6. The van der Waals surface area contributed by atoms with Crippen molar-refractivity contribution in [3.8, 4) is 0 Å². The molecule has 0 radical (unpaired) electrons. The van der Waals surface area contributed by atoms with E-state index in [1.54, 1.807) is 13.8 Å². The molecule has 1 aromatic heterocycles. The van der Waals surface area contributed by atoms with E-state index >= 15 is 0 Å². The minimum absolute atomic E-state index is 0.135. The predicted octanol–water partition coefficient (Wildman–Crippen LogP) is 3.93. The number of rotatable bonds is 10. The summed E-state index contributed by atoms with van der Waals surface area (Å²) in [7, 11) is 0. The summed E-state index contributed by atoms with van der Waals surface area (Å²) in [4.78, 5) is 20.1. The fourth-order valence-electron chi connectivity index (χ4n) is 3.63. The Morgan fingerprint density at radius 2 is 1.71 bits per heavy atom. The molecule has 0 saturated carbocycles. The fourth-order valence-corrected chi connectivity index (χ4v) is 3.63. The van der Waals surface area contributed by atoms with Crippen LogP contribution >= 0.6 is 0 Å². The van der Waals surface area contributed by atoms with Crippen molar-refractivity contribution < 1.29 is 5.11 Å². The number of nitrogens with one attached hydrogen (secondary N) is 3. The molecule has 3 aromatic rings. The lowest BCUT2D eigenvalue weighted by Crippen LogP contribution is -2.34. The second-order valence-corrected chi connectivity index (χ2v) is 7.89. The van der Waals surface area contributed by atoms with Gasteiger partial charge in [-0.3, -0.25) is 4.79 Å². The summed E-state index contributed by atoms with van der Waals surface area (Å²) in [5.41, 5.74) is 2.29. The van der Waals surface area contributed by atoms with Gasteiger partial charge in [0.15, 0.2) is 0 Å². The summed E-state index contributed by atoms with van der Waals surface area (Å²) in [6.45, 7) is 3.30. The van der Waals surface area contributed by atoms with Gasteiger partial charge >= 0.3 is 0 Å². The van der Waals surface area contributed by atoms with Gasteiger partial charge in [0.1, 0.15) is 17.2 Å². The largest absolute Gasteiger partial charge is 0.391 e. The number of hydrogen-bond acceptors (Lipinski definition) is 5. The Balaban J connectivity index is 1.80. The van der Waals surface area contributed by atoms with E-state index in [0.29, 0.717) is 24.5 Å². The normalized spacial score (nSPS) is 12.9. The molecular formula is C25H30N4O2. The van der Waals surface area contributed by atoms with Gasteiger partial charge < -0.3 is 20.8 Å². The van der Waals surface area contributed by atoms with Crippen molar-refractivity contribution in [1.82, 2.24) is 9.97 Å². The lowest BCUT2D eigenvalue weighted by Gasteiger charge is -2.23. The number of H-pyrrole nitrogens is 1. The van der Waals surface area contributed by atoms with E-state index in [0.717, 1.165) is 18.4 Å². The minimum Gasteiger partial charge on any atom is -0.391 e. The van der Waals surface area contributed by atoms with Gasteiger partial charge in [0, 0.05) is 12.1 Å². The van der Waals surface area contributed by atoms with Crippen molar-refractivity contribution in [2.75, 3.05) is 5.32 Å². The SMILES string of the molecule is CC(=N)c1c(NC(CCCc2ccccc2)C(C)O)nc(Cc2ccccc2)[nH]c1=O. The Labute approximate surface area is 182 Å². The molecule has 0 aliphatic heterocycles. The zero-order chi connectivity index (χ0) is 22.2. The molecule has 4 N–H and O–H groups in total. The van der Waals surface area contributed by atoms with Crippen LogP contribution in [-0.4, -0.2) is 32.9 Å². The van der Waals surface area contributed by atoms with E-state index in [9.17, 15) is 9.90 Å². The monoisotopic (exact) mass is 418 g/mol. The first-order valence-electron chi connectivity index (χ1n) is 10.6. The van der Waals surface area contributed by atoms with E-state index in [4.69, 9.17) is 5.41 Å². The number of hydrogen-bond donors (Lipinski definition) is 4. The minimum atomic E-state index is -0.631. The molecule has 6 heteroatoms. The molecule has 1 heterocycles. The summed E-state index contributed by atoms with van der Waals surface area (Å²) in [6, 6.07) is 19.7. The Hall–Kier alpha value is -3.25. The molecule has 2 aromatic carbocycles. The molecule has 31 heavy (non-hydrogen) atoms. The van der Waals surface area contributed by atoms with E-state index in [2.05, 4.69) is 27.4 Å². The Bertz CT molecular complexity index is 1050. The zero-order valence-corrected chi connectivity index (χ0v) is 18.1. The number of aromatic nitrogens is 2. The van der Waals surface area contributed by atoms with Crippen molar-refractivity contribution in [2.45, 2.75) is 51.7 Å². The molecule has 162 valence electrons. The predicted molar refractivity (Wildman–Crippen MR) is 125 cm³/mol. The second-order valence-electron chi connectivity index (χ2n) is 7.89. The Morgan fingerprint density at radius 1 is 1.10 bits per heavy atom. The van der Waals surface area contributed by atoms with Crippen LogP contribution < -0.4 is 10.9 Å². The maximum atomic E-state index is 12.7. The lowest BCUT2D eigenvalue weighted by molar-refractivity contribution is 0.166. The zero-order valence-electron chi connectivity index (χ0n) is 18.1. The maximum absolute atomic E-state index is 12.7. The lowest BCUT2D eigenvalue weighted by atomic mass is 10.0. The Kier molecular flexibility index (Phi) is 7.73. The molecular weight excluding hydrogens is 388 g/mol. The van der Waals surface area contributed by atoms with E-state index in [1.807, 2.05) is 48.5 Å². The number of anilines is 1. The maximum Gasteiger partial charge on any atom is 0.262 e. The van der Waals surface area contributed by atoms with Crippen molar-refractivity contribution >= 4 is 11.5 Å². The molecule has 0 bridgehead atoms. The van der Waals surface area contributed by atoms with E-state index in [1.165, 1.54) is 5.56 Å². The number of aliphatic hydroxyl groups excluding tert-OH is 1. The average Bonchev–Trinajstić information content (AvgIpc) is 2.74. The summed E-state index contributed by atoms with van der Waals surface area (Å²) in [5, 5.41) is 21.7. The quantitative estimate of drug-likeness (QED) is 0.375. The smallest absolute Gasteiger partial charge is 0.262 e. The highest BCUT2D eigenvalue weighted by atomic mass is 16.3. The van der Waals surface area contributed by atoms with Crippen molar-refractivity contribution in [1.29, 1.82) is 5.41 Å². The number of benzene rings is 2. The van der Waals surface area contributed by atoms with Gasteiger partial charge in [-0.2, -0.15) is 0 Å². The standard InChI is InChI=1S/C25H30N4O2/c1-17(26)23-24(28-22(29-25(23)31)16-20-12-7-4-8-13-20)27-21(18(2)30)15-9-14-19-10-5-3-6-11-19/h3-8,10-13,18,21,26,30H,9,14-16H2,1-2H3,(H2,27,28,29,31). The third-order valence-corrected chi connectivity index (χ3v) is 5.29. The molecule has 0 aliphatic carbocycles.